The monoisotopic (exact) mass is 230 g/mol. The Morgan fingerprint density at radius 2 is 2.12 bits per heavy atom. The van der Waals surface area contributed by atoms with Crippen LogP contribution in [0.5, 0.6) is 0 Å². The highest BCUT2D eigenvalue weighted by Gasteiger charge is 2.20. The smallest absolute Gasteiger partial charge is 0.252 e. The summed E-state index contributed by atoms with van der Waals surface area (Å²) >= 11 is 0. The molecule has 0 radical (unpaired) electrons. The van der Waals surface area contributed by atoms with E-state index in [1.54, 1.807) is 0 Å². The predicted octanol–water partition coefficient (Wildman–Crippen LogP) is 2.93. The van der Waals surface area contributed by atoms with Crippen molar-refractivity contribution in [3.63, 3.8) is 0 Å². The Bertz CT molecular complexity index is 555. The fourth-order valence-electron chi connectivity index (χ4n) is 2.29. The van der Waals surface area contributed by atoms with E-state index in [0.29, 0.717) is 6.54 Å². The van der Waals surface area contributed by atoms with Crippen LogP contribution in [0.3, 0.4) is 0 Å². The summed E-state index contributed by atoms with van der Waals surface area (Å²) in [5.41, 5.74) is 3.20. The first kappa shape index (κ1) is 11.7. The molecule has 17 heavy (non-hydrogen) atoms. The molecule has 1 aromatic carbocycles. The van der Waals surface area contributed by atoms with E-state index in [1.165, 1.54) is 11.1 Å². The summed E-state index contributed by atoms with van der Waals surface area (Å²) in [6.45, 7) is 7.70. The van der Waals surface area contributed by atoms with Crippen molar-refractivity contribution in [1.82, 2.24) is 9.88 Å². The Kier molecular flexibility index (Phi) is 3.18. The molecule has 1 aliphatic rings. The molecule has 0 fully saturated rings. The van der Waals surface area contributed by atoms with Gasteiger partial charge in [0.05, 0.1) is 0 Å². The van der Waals surface area contributed by atoms with Gasteiger partial charge in [-0.15, -0.1) is 0 Å². The second-order valence-corrected chi connectivity index (χ2v) is 3.82. The topological polar surface area (TPSA) is 34.0 Å². The van der Waals surface area contributed by atoms with Crippen LogP contribution in [0, 0.1) is 0 Å². The van der Waals surface area contributed by atoms with Crippen molar-refractivity contribution in [2.45, 2.75) is 33.9 Å². The highest BCUT2D eigenvalue weighted by Crippen LogP contribution is 2.27. The molecule has 3 rings (SSSR count). The Morgan fingerprint density at radius 1 is 1.35 bits per heavy atom. The van der Waals surface area contributed by atoms with Gasteiger partial charge in [-0.3, -0.25) is 4.79 Å². The molecule has 0 saturated heterocycles. The molecule has 1 aromatic heterocycles. The minimum atomic E-state index is 0.0435. The van der Waals surface area contributed by atoms with E-state index in [-0.39, 0.29) is 5.91 Å². The summed E-state index contributed by atoms with van der Waals surface area (Å²) in [6.07, 6.45) is 2.13. The van der Waals surface area contributed by atoms with Gasteiger partial charge in [-0.05, 0) is 24.6 Å². The number of aromatic nitrogens is 1. The van der Waals surface area contributed by atoms with E-state index in [4.69, 9.17) is 0 Å². The highest BCUT2D eigenvalue weighted by molar-refractivity contribution is 6.09. The molecule has 0 bridgehead atoms. The summed E-state index contributed by atoms with van der Waals surface area (Å²) in [5.74, 6) is 0.0435. The number of aryl methyl sites for hydroxylation is 1. The Balaban J connectivity index is 0.000000514. The number of nitrogens with one attached hydrogen (secondary N) is 1. The lowest BCUT2D eigenvalue weighted by Gasteiger charge is -2.12. The Hall–Kier alpha value is -1.77. The average molecular weight is 230 g/mol. The van der Waals surface area contributed by atoms with Crippen LogP contribution in [0.1, 0.15) is 36.7 Å². The predicted molar refractivity (Wildman–Crippen MR) is 70.1 cm³/mol. The van der Waals surface area contributed by atoms with Gasteiger partial charge in [0.1, 0.15) is 0 Å². The first-order valence-corrected chi connectivity index (χ1v) is 6.20. The van der Waals surface area contributed by atoms with Crippen LogP contribution in [0.2, 0.25) is 0 Å². The lowest BCUT2D eigenvalue weighted by atomic mass is 10.0. The van der Waals surface area contributed by atoms with E-state index in [1.807, 2.05) is 26.0 Å². The number of carbonyl (C=O) groups excluding carboxylic acids is 1. The van der Waals surface area contributed by atoms with Crippen molar-refractivity contribution in [2.24, 2.45) is 0 Å². The van der Waals surface area contributed by atoms with Crippen LogP contribution in [-0.2, 0) is 13.1 Å². The minimum Gasteiger partial charge on any atom is -0.348 e. The summed E-state index contributed by atoms with van der Waals surface area (Å²) in [5, 5.41) is 4.01. The van der Waals surface area contributed by atoms with Gasteiger partial charge < -0.3 is 9.88 Å². The molecule has 1 aliphatic heterocycles. The number of benzene rings is 1. The number of rotatable bonds is 1. The molecule has 1 amide bonds. The Labute approximate surface area is 101 Å². The van der Waals surface area contributed by atoms with Crippen molar-refractivity contribution in [3.8, 4) is 0 Å². The summed E-state index contributed by atoms with van der Waals surface area (Å²) in [4.78, 5) is 11.6. The molecule has 0 spiro atoms. The van der Waals surface area contributed by atoms with Crippen LogP contribution in [0.25, 0.3) is 10.9 Å². The van der Waals surface area contributed by atoms with Crippen LogP contribution in [0.15, 0.2) is 24.4 Å². The van der Waals surface area contributed by atoms with Crippen molar-refractivity contribution in [2.75, 3.05) is 0 Å². The van der Waals surface area contributed by atoms with Gasteiger partial charge in [0, 0.05) is 35.8 Å². The van der Waals surface area contributed by atoms with Gasteiger partial charge in [0.25, 0.3) is 5.91 Å². The summed E-state index contributed by atoms with van der Waals surface area (Å²) in [7, 11) is 0. The number of carbonyl (C=O) groups is 1. The largest absolute Gasteiger partial charge is 0.348 e. The third-order valence-corrected chi connectivity index (χ3v) is 3.01. The fraction of sp³-hybridized carbons (Fsp3) is 0.357. The van der Waals surface area contributed by atoms with E-state index in [9.17, 15) is 4.79 Å². The van der Waals surface area contributed by atoms with Crippen molar-refractivity contribution < 1.29 is 4.79 Å². The number of amides is 1. The number of hydrogen-bond donors (Lipinski definition) is 1. The van der Waals surface area contributed by atoms with Crippen molar-refractivity contribution in [1.29, 1.82) is 0 Å². The first-order valence-electron chi connectivity index (χ1n) is 6.20. The van der Waals surface area contributed by atoms with Crippen LogP contribution in [0.4, 0.5) is 0 Å². The molecule has 0 aliphatic carbocycles. The lowest BCUT2D eigenvalue weighted by Crippen LogP contribution is -2.26. The molecule has 3 heteroatoms. The summed E-state index contributed by atoms with van der Waals surface area (Å²) in [6, 6.07) is 5.91. The van der Waals surface area contributed by atoms with Gasteiger partial charge >= 0.3 is 0 Å². The zero-order chi connectivity index (χ0) is 12.4. The SMILES string of the molecule is CC.CCn1cc2c3c(cccc31)C(=O)NC2. The van der Waals surface area contributed by atoms with Crippen molar-refractivity contribution in [3.05, 3.63) is 35.5 Å². The van der Waals surface area contributed by atoms with Gasteiger partial charge in [-0.1, -0.05) is 19.9 Å². The molecule has 2 heterocycles. The normalized spacial score (nSPS) is 13.0. The molecule has 0 saturated carbocycles. The average Bonchev–Trinajstić information content (AvgIpc) is 2.76. The first-order chi connectivity index (χ1) is 8.31. The van der Waals surface area contributed by atoms with Crippen molar-refractivity contribution >= 4 is 16.8 Å². The number of hydrogen-bond acceptors (Lipinski definition) is 1. The zero-order valence-electron chi connectivity index (χ0n) is 10.6. The van der Waals surface area contributed by atoms with Gasteiger partial charge in [0.15, 0.2) is 0 Å². The third-order valence-electron chi connectivity index (χ3n) is 3.01. The lowest BCUT2D eigenvalue weighted by molar-refractivity contribution is 0.0949. The van der Waals surface area contributed by atoms with Gasteiger partial charge in [0.2, 0.25) is 0 Å². The highest BCUT2D eigenvalue weighted by atomic mass is 16.1. The molecule has 90 valence electrons. The minimum absolute atomic E-state index is 0.0435. The standard InChI is InChI=1S/C12H12N2O.C2H6/c1-2-14-7-8-6-13-12(15)9-4-3-5-10(14)11(8)9;1-2/h3-5,7H,2,6H2,1H3,(H,13,15);1-2H3. The summed E-state index contributed by atoms with van der Waals surface area (Å²) < 4.78 is 2.19. The molecular weight excluding hydrogens is 212 g/mol. The molecule has 3 nitrogen and oxygen atoms in total. The van der Waals surface area contributed by atoms with E-state index < -0.39 is 0 Å². The van der Waals surface area contributed by atoms with E-state index >= 15 is 0 Å². The van der Waals surface area contributed by atoms with Gasteiger partial charge in [-0.2, -0.15) is 0 Å². The second-order valence-electron chi connectivity index (χ2n) is 3.82. The molecule has 0 atom stereocenters. The molecule has 2 aromatic rings. The van der Waals surface area contributed by atoms with Gasteiger partial charge in [-0.25, -0.2) is 0 Å². The number of nitrogens with zero attached hydrogens (tertiary/aromatic N) is 1. The second kappa shape index (κ2) is 4.62. The fourth-order valence-corrected chi connectivity index (χ4v) is 2.29. The van der Waals surface area contributed by atoms with Crippen LogP contribution in [-0.4, -0.2) is 10.5 Å². The molecule has 0 unspecified atom stereocenters. The molecular formula is C14H18N2O. The maximum Gasteiger partial charge on any atom is 0.252 e. The quantitative estimate of drug-likeness (QED) is 0.803. The van der Waals surface area contributed by atoms with Crippen LogP contribution >= 0.6 is 0 Å². The third kappa shape index (κ3) is 1.71. The Morgan fingerprint density at radius 3 is 2.82 bits per heavy atom. The zero-order valence-corrected chi connectivity index (χ0v) is 10.6. The maximum absolute atomic E-state index is 11.6. The van der Waals surface area contributed by atoms with E-state index in [0.717, 1.165) is 17.5 Å². The molecule has 1 N–H and O–H groups in total. The van der Waals surface area contributed by atoms with E-state index in [2.05, 4.69) is 29.1 Å². The maximum atomic E-state index is 11.6. The van der Waals surface area contributed by atoms with Crippen LogP contribution < -0.4 is 5.32 Å².